The van der Waals surface area contributed by atoms with Gasteiger partial charge in [0.15, 0.2) is 0 Å². The Bertz CT molecular complexity index is 633. The summed E-state index contributed by atoms with van der Waals surface area (Å²) in [5.74, 6) is 0.897. The van der Waals surface area contributed by atoms with E-state index in [2.05, 4.69) is 30.5 Å². The van der Waals surface area contributed by atoms with Crippen molar-refractivity contribution < 1.29 is 26.0 Å². The molecule has 2 heterocycles. The molecule has 0 bridgehead atoms. The number of nitrogens with one attached hydrogen (secondary N) is 1. The van der Waals surface area contributed by atoms with Crippen molar-refractivity contribution in [2.24, 2.45) is 11.8 Å². The van der Waals surface area contributed by atoms with E-state index in [1.807, 2.05) is 12.2 Å². The number of amides is 1. The maximum absolute atomic E-state index is 12.3. The molecule has 3 heteroatoms. The first-order valence-electron chi connectivity index (χ1n) is 6.74. The molecule has 1 N–H and O–H groups in total. The van der Waals surface area contributed by atoms with Gasteiger partial charge in [0.05, 0.1) is 0 Å². The fourth-order valence-corrected chi connectivity index (χ4v) is 7.11. The molecule has 0 fully saturated rings. The molecule has 0 aromatic carbocycles. The molecule has 2 unspecified atom stereocenters. The van der Waals surface area contributed by atoms with E-state index < -0.39 is 0 Å². The van der Waals surface area contributed by atoms with Crippen molar-refractivity contribution in [2.45, 2.75) is 19.8 Å². The number of halogens is 1. The van der Waals surface area contributed by atoms with E-state index in [-0.39, 0.29) is 27.1 Å². The molecule has 4 aliphatic rings. The number of allylic oxidation sites excluding steroid dienone is 8. The van der Waals surface area contributed by atoms with Gasteiger partial charge in [-0.15, -0.1) is 0 Å². The molecule has 19 heavy (non-hydrogen) atoms. The first-order valence-corrected chi connectivity index (χ1v) is 8.90. The molecule has 2 atom stereocenters. The zero-order valence-electron chi connectivity index (χ0n) is 10.7. The normalized spacial score (nSPS) is 32.3. The Hall–Kier alpha value is -1.10. The number of hydrogen-bond donors (Lipinski definition) is 1. The van der Waals surface area contributed by atoms with Gasteiger partial charge in [0, 0.05) is 0 Å². The summed E-state index contributed by atoms with van der Waals surface area (Å²) in [5, 5.41) is 3.17. The van der Waals surface area contributed by atoms with Crippen LogP contribution < -0.4 is 26.5 Å². The van der Waals surface area contributed by atoms with Crippen LogP contribution in [0.15, 0.2) is 54.4 Å². The minimum absolute atomic E-state index is 0.0900. The van der Waals surface area contributed by atoms with Crippen LogP contribution in [0.4, 0.5) is 0 Å². The molecule has 0 aromatic rings. The summed E-state index contributed by atoms with van der Waals surface area (Å²) in [7, 11) is 0. The molecule has 0 aromatic heterocycles. The van der Waals surface area contributed by atoms with Crippen LogP contribution in [0, 0.1) is 11.8 Å². The first-order chi connectivity index (χ1) is 9.25. The molecule has 0 saturated carbocycles. The van der Waals surface area contributed by atoms with Gasteiger partial charge in [-0.05, 0) is 0 Å². The summed E-state index contributed by atoms with van der Waals surface area (Å²) in [6.45, 7) is 2.23. The summed E-state index contributed by atoms with van der Waals surface area (Å²) in [5.41, 5.74) is 3.60. The van der Waals surface area contributed by atoms with Crippen LogP contribution in [0.1, 0.15) is 19.8 Å². The van der Waals surface area contributed by atoms with E-state index in [0.717, 1.165) is 18.4 Å². The molecule has 98 valence electrons. The Balaban J connectivity index is 1.83. The number of carbonyl (C=O) groups excluding carboxylic acids is 1. The fraction of sp³-hybridized carbons (Fsp3) is 0.312. The van der Waals surface area contributed by atoms with Crippen LogP contribution >= 0.6 is 0 Å². The molecule has 2 aliphatic carbocycles. The third-order valence-corrected chi connectivity index (χ3v) is 7.57. The summed E-state index contributed by atoms with van der Waals surface area (Å²) < 4.78 is 3.07. The van der Waals surface area contributed by atoms with E-state index in [0.29, 0.717) is 11.8 Å². The van der Waals surface area contributed by atoms with Crippen molar-refractivity contribution in [1.82, 2.24) is 5.32 Å². The minimum atomic E-state index is -0.0900. The van der Waals surface area contributed by atoms with Crippen LogP contribution in [-0.2, 0) is 4.79 Å². The average Bonchev–Trinajstić information content (AvgIpc) is 2.78. The van der Waals surface area contributed by atoms with Crippen LogP contribution in [0.2, 0.25) is 0 Å². The van der Waals surface area contributed by atoms with Crippen LogP contribution in [0.5, 0.6) is 0 Å². The number of carbonyl (C=O) groups is 1. The second kappa shape index (κ2) is 4.20. The Morgan fingerprint density at radius 3 is 3.21 bits per heavy atom. The van der Waals surface area contributed by atoms with Gasteiger partial charge in [-0.1, -0.05) is 0 Å². The first kappa shape index (κ1) is 11.7. The third-order valence-electron chi connectivity index (χ3n) is 4.18. The van der Waals surface area contributed by atoms with E-state index in [1.165, 1.54) is 18.4 Å². The van der Waals surface area contributed by atoms with Crippen molar-refractivity contribution in [3.8, 4) is 0 Å². The molecule has 0 saturated heterocycles. The van der Waals surface area contributed by atoms with Gasteiger partial charge < -0.3 is 0 Å². The number of hydrogen-bond acceptors (Lipinski definition) is 1. The standard InChI is InChI=1S/C16H15INO/c1-9-5-4-7-11-13(9)14-15(18-16(11)19)10-6-2-3-8-12(10)17-14/h3-5,7-9,13H,2,6H2,1H3,(H,18,19)/q-1. The van der Waals surface area contributed by atoms with Crippen LogP contribution in [0.3, 0.4) is 0 Å². The summed E-state index contributed by atoms with van der Waals surface area (Å²) >= 11 is -0.0900. The third kappa shape index (κ3) is 1.64. The molecular weight excluding hydrogens is 349 g/mol. The SMILES string of the molecule is CC1C=CC=C2C(=O)NC3=C([I-]C4=C3CCC=C4)C21. The maximum atomic E-state index is 12.3. The van der Waals surface area contributed by atoms with Gasteiger partial charge in [0.1, 0.15) is 0 Å². The quantitative estimate of drug-likeness (QED) is 0.592. The monoisotopic (exact) mass is 364 g/mol. The van der Waals surface area contributed by atoms with Crippen molar-refractivity contribution in [2.75, 3.05) is 0 Å². The molecule has 2 nitrogen and oxygen atoms in total. The Kier molecular flexibility index (Phi) is 2.59. The zero-order valence-corrected chi connectivity index (χ0v) is 12.9. The number of fused-ring (bicyclic) bond motifs is 3. The van der Waals surface area contributed by atoms with E-state index in [4.69, 9.17) is 0 Å². The van der Waals surface area contributed by atoms with Crippen molar-refractivity contribution in [1.29, 1.82) is 0 Å². The fourth-order valence-electron chi connectivity index (χ4n) is 3.22. The second-order valence-electron chi connectivity index (χ2n) is 5.38. The van der Waals surface area contributed by atoms with Crippen molar-refractivity contribution in [3.63, 3.8) is 0 Å². The van der Waals surface area contributed by atoms with Gasteiger partial charge in [0.2, 0.25) is 0 Å². The van der Waals surface area contributed by atoms with Gasteiger partial charge in [-0.2, -0.15) is 0 Å². The topological polar surface area (TPSA) is 29.1 Å². The zero-order chi connectivity index (χ0) is 13.0. The molecular formula is C16H15INO-. The van der Waals surface area contributed by atoms with Crippen LogP contribution in [-0.4, -0.2) is 5.91 Å². The Labute approximate surface area is 123 Å². The van der Waals surface area contributed by atoms with Gasteiger partial charge in [0.25, 0.3) is 0 Å². The van der Waals surface area contributed by atoms with E-state index in [1.54, 1.807) is 0 Å². The Morgan fingerprint density at radius 2 is 2.32 bits per heavy atom. The van der Waals surface area contributed by atoms with Gasteiger partial charge in [-0.25, -0.2) is 0 Å². The Morgan fingerprint density at radius 1 is 1.42 bits per heavy atom. The molecule has 0 radical (unpaired) electrons. The van der Waals surface area contributed by atoms with Crippen LogP contribution in [0.25, 0.3) is 0 Å². The van der Waals surface area contributed by atoms with E-state index >= 15 is 0 Å². The predicted octanol–water partition coefficient (Wildman–Crippen LogP) is -0.217. The summed E-state index contributed by atoms with van der Waals surface area (Å²) in [6.07, 6.45) is 13.0. The molecule has 0 spiro atoms. The van der Waals surface area contributed by atoms with Gasteiger partial charge >= 0.3 is 123 Å². The van der Waals surface area contributed by atoms with E-state index in [9.17, 15) is 4.79 Å². The predicted molar refractivity (Wildman–Crippen MR) is 70.4 cm³/mol. The van der Waals surface area contributed by atoms with Gasteiger partial charge in [-0.3, -0.25) is 0 Å². The summed E-state index contributed by atoms with van der Waals surface area (Å²) in [6, 6.07) is 0. The van der Waals surface area contributed by atoms with Crippen molar-refractivity contribution in [3.05, 3.63) is 54.4 Å². The molecule has 1 amide bonds. The molecule has 4 rings (SSSR count). The molecule has 2 aliphatic heterocycles. The summed E-state index contributed by atoms with van der Waals surface area (Å²) in [4.78, 5) is 12.3. The average molecular weight is 364 g/mol. The second-order valence-corrected chi connectivity index (χ2v) is 8.25. The van der Waals surface area contributed by atoms with Crippen molar-refractivity contribution >= 4 is 5.91 Å². The number of rotatable bonds is 0.